The molecule has 0 saturated carbocycles. The molecule has 2 aromatic rings. The van der Waals surface area contributed by atoms with Crippen LogP contribution in [0.15, 0.2) is 42.5 Å². The van der Waals surface area contributed by atoms with Gasteiger partial charge in [0.1, 0.15) is 0 Å². The minimum Gasteiger partial charge on any atom is -0.493 e. The summed E-state index contributed by atoms with van der Waals surface area (Å²) < 4.78 is 10.9. The van der Waals surface area contributed by atoms with Crippen LogP contribution in [0.3, 0.4) is 0 Å². The summed E-state index contributed by atoms with van der Waals surface area (Å²) in [4.78, 5) is 16.6. The lowest BCUT2D eigenvalue weighted by Gasteiger charge is -2.34. The predicted octanol–water partition coefficient (Wildman–Crippen LogP) is 2.94. The first-order chi connectivity index (χ1) is 13.6. The topological polar surface area (TPSA) is 65.8 Å². The van der Waals surface area contributed by atoms with Crippen LogP contribution in [0.5, 0.6) is 11.5 Å². The summed E-state index contributed by atoms with van der Waals surface area (Å²) in [6.07, 6.45) is 0. The van der Waals surface area contributed by atoms with Crippen LogP contribution < -0.4 is 9.47 Å². The molecule has 28 heavy (non-hydrogen) atoms. The molecule has 2 aromatic carbocycles. The van der Waals surface area contributed by atoms with Gasteiger partial charge >= 0.3 is 0 Å². The van der Waals surface area contributed by atoms with Gasteiger partial charge in [-0.2, -0.15) is 5.26 Å². The van der Waals surface area contributed by atoms with Crippen LogP contribution in [0.25, 0.3) is 0 Å². The number of hydrogen-bond acceptors (Lipinski definition) is 5. The van der Waals surface area contributed by atoms with Crippen LogP contribution >= 0.6 is 11.6 Å². The van der Waals surface area contributed by atoms with Gasteiger partial charge in [-0.05, 0) is 29.8 Å². The maximum atomic E-state index is 12.5. The first kappa shape index (κ1) is 20.0. The summed E-state index contributed by atoms with van der Waals surface area (Å²) in [5.74, 6) is 0.835. The zero-order valence-electron chi connectivity index (χ0n) is 15.7. The Kier molecular flexibility index (Phi) is 6.75. The van der Waals surface area contributed by atoms with Crippen molar-refractivity contribution in [3.05, 3.63) is 58.6 Å². The third-order valence-corrected chi connectivity index (χ3v) is 4.90. The second-order valence-corrected chi connectivity index (χ2v) is 6.99. The fraction of sp³-hybridized carbons (Fsp3) is 0.333. The molecule has 0 N–H and O–H groups in total. The Morgan fingerprint density at radius 2 is 1.93 bits per heavy atom. The van der Waals surface area contributed by atoms with E-state index in [9.17, 15) is 4.79 Å². The van der Waals surface area contributed by atoms with E-state index in [0.717, 1.165) is 24.7 Å². The number of piperazine rings is 1. The third kappa shape index (κ3) is 5.16. The number of nitriles is 1. The molecule has 0 radical (unpaired) electrons. The number of amides is 1. The van der Waals surface area contributed by atoms with E-state index in [1.54, 1.807) is 18.2 Å². The Hall–Kier alpha value is -2.75. The molecule has 0 aliphatic carbocycles. The zero-order valence-corrected chi connectivity index (χ0v) is 16.5. The summed E-state index contributed by atoms with van der Waals surface area (Å²) in [6.45, 7) is 3.69. The van der Waals surface area contributed by atoms with Crippen molar-refractivity contribution in [3.63, 3.8) is 0 Å². The number of hydrogen-bond donors (Lipinski definition) is 0. The van der Waals surface area contributed by atoms with E-state index in [4.69, 9.17) is 26.3 Å². The van der Waals surface area contributed by atoms with E-state index >= 15 is 0 Å². The second kappa shape index (κ2) is 9.45. The highest BCUT2D eigenvalue weighted by Gasteiger charge is 2.22. The van der Waals surface area contributed by atoms with Crippen molar-refractivity contribution < 1.29 is 14.3 Å². The van der Waals surface area contributed by atoms with E-state index < -0.39 is 0 Å². The van der Waals surface area contributed by atoms with Gasteiger partial charge in [0.15, 0.2) is 18.1 Å². The molecule has 0 unspecified atom stereocenters. The number of rotatable bonds is 6. The van der Waals surface area contributed by atoms with Crippen LogP contribution in [0.1, 0.15) is 11.1 Å². The largest absolute Gasteiger partial charge is 0.493 e. The zero-order chi connectivity index (χ0) is 19.9. The number of carbonyl (C=O) groups excluding carboxylic acids is 1. The highest BCUT2D eigenvalue weighted by atomic mass is 35.5. The SMILES string of the molecule is COc1cc(C#N)ccc1OCC(=O)N1CCN(Cc2cccc(Cl)c2)CC1. The van der Waals surface area contributed by atoms with Crippen LogP contribution in [0.2, 0.25) is 5.02 Å². The van der Waals surface area contributed by atoms with E-state index in [-0.39, 0.29) is 12.5 Å². The normalized spacial score (nSPS) is 14.4. The van der Waals surface area contributed by atoms with Crippen molar-refractivity contribution in [1.82, 2.24) is 9.80 Å². The molecule has 146 valence electrons. The summed E-state index contributed by atoms with van der Waals surface area (Å²) in [7, 11) is 1.50. The van der Waals surface area contributed by atoms with E-state index in [2.05, 4.69) is 11.0 Å². The molecular formula is C21H22ClN3O3. The summed E-state index contributed by atoms with van der Waals surface area (Å²) in [5, 5.41) is 9.68. The number of nitrogens with zero attached hydrogens (tertiary/aromatic N) is 3. The molecule has 1 heterocycles. The molecule has 6 nitrogen and oxygen atoms in total. The molecule has 7 heteroatoms. The van der Waals surface area contributed by atoms with Crippen molar-refractivity contribution in [2.45, 2.75) is 6.54 Å². The van der Waals surface area contributed by atoms with Crippen molar-refractivity contribution in [3.8, 4) is 17.6 Å². The molecule has 1 amide bonds. The minimum atomic E-state index is -0.0613. The van der Waals surface area contributed by atoms with Gasteiger partial charge in [0.2, 0.25) is 0 Å². The Balaban J connectivity index is 1.48. The van der Waals surface area contributed by atoms with Crippen molar-refractivity contribution in [2.24, 2.45) is 0 Å². The average Bonchev–Trinajstić information content (AvgIpc) is 2.72. The molecule has 1 aliphatic rings. The van der Waals surface area contributed by atoms with Gasteiger partial charge in [-0.15, -0.1) is 0 Å². The maximum absolute atomic E-state index is 12.5. The molecule has 3 rings (SSSR count). The van der Waals surface area contributed by atoms with Crippen LogP contribution in [-0.4, -0.2) is 55.6 Å². The van der Waals surface area contributed by atoms with Crippen molar-refractivity contribution in [2.75, 3.05) is 39.9 Å². The lowest BCUT2D eigenvalue weighted by molar-refractivity contribution is -0.135. The smallest absolute Gasteiger partial charge is 0.260 e. The summed E-state index contributed by atoms with van der Waals surface area (Å²) in [6, 6.07) is 14.8. The molecule has 0 spiro atoms. The number of halogens is 1. The molecule has 1 aliphatic heterocycles. The van der Waals surface area contributed by atoms with E-state index in [1.807, 2.05) is 29.2 Å². The maximum Gasteiger partial charge on any atom is 0.260 e. The van der Waals surface area contributed by atoms with E-state index in [0.29, 0.717) is 30.2 Å². The Morgan fingerprint density at radius 1 is 1.14 bits per heavy atom. The summed E-state index contributed by atoms with van der Waals surface area (Å²) >= 11 is 6.04. The van der Waals surface area contributed by atoms with Gasteiger partial charge in [0.25, 0.3) is 5.91 Å². The van der Waals surface area contributed by atoms with Gasteiger partial charge in [-0.3, -0.25) is 9.69 Å². The molecular weight excluding hydrogens is 378 g/mol. The standard InChI is InChI=1S/C21H22ClN3O3/c1-27-20-12-16(13-23)5-6-19(20)28-15-21(26)25-9-7-24(8-10-25)14-17-3-2-4-18(22)11-17/h2-6,11-12H,7-10,14-15H2,1H3. The Labute approximate surface area is 169 Å². The monoisotopic (exact) mass is 399 g/mol. The van der Waals surface area contributed by atoms with Gasteiger partial charge < -0.3 is 14.4 Å². The van der Waals surface area contributed by atoms with Crippen LogP contribution in [0, 0.1) is 11.3 Å². The second-order valence-electron chi connectivity index (χ2n) is 6.55. The Bertz CT molecular complexity index is 873. The highest BCUT2D eigenvalue weighted by molar-refractivity contribution is 6.30. The van der Waals surface area contributed by atoms with E-state index in [1.165, 1.54) is 12.7 Å². The highest BCUT2D eigenvalue weighted by Crippen LogP contribution is 2.27. The third-order valence-electron chi connectivity index (χ3n) is 4.66. The van der Waals surface area contributed by atoms with Crippen LogP contribution in [-0.2, 0) is 11.3 Å². The lowest BCUT2D eigenvalue weighted by atomic mass is 10.2. The number of ether oxygens (including phenoxy) is 2. The first-order valence-electron chi connectivity index (χ1n) is 9.04. The van der Waals surface area contributed by atoms with Gasteiger partial charge in [-0.1, -0.05) is 23.7 Å². The molecule has 0 atom stereocenters. The first-order valence-corrected chi connectivity index (χ1v) is 9.42. The lowest BCUT2D eigenvalue weighted by Crippen LogP contribution is -2.49. The molecule has 1 saturated heterocycles. The van der Waals surface area contributed by atoms with Gasteiger partial charge in [-0.25, -0.2) is 0 Å². The van der Waals surface area contributed by atoms with Crippen molar-refractivity contribution >= 4 is 17.5 Å². The quantitative estimate of drug-likeness (QED) is 0.747. The fourth-order valence-corrected chi connectivity index (χ4v) is 3.35. The summed E-state index contributed by atoms with van der Waals surface area (Å²) in [5.41, 5.74) is 1.65. The van der Waals surface area contributed by atoms with Crippen molar-refractivity contribution in [1.29, 1.82) is 5.26 Å². The fourth-order valence-electron chi connectivity index (χ4n) is 3.14. The number of carbonyl (C=O) groups is 1. The predicted molar refractivity (Wildman–Crippen MR) is 107 cm³/mol. The minimum absolute atomic E-state index is 0.0590. The number of benzene rings is 2. The Morgan fingerprint density at radius 3 is 2.61 bits per heavy atom. The van der Waals surface area contributed by atoms with Crippen LogP contribution in [0.4, 0.5) is 0 Å². The average molecular weight is 400 g/mol. The number of methoxy groups -OCH3 is 1. The molecule has 0 bridgehead atoms. The van der Waals surface area contributed by atoms with Gasteiger partial charge in [0.05, 0.1) is 18.7 Å². The van der Waals surface area contributed by atoms with Gasteiger partial charge in [0, 0.05) is 43.8 Å². The molecule has 1 fully saturated rings. The molecule has 0 aromatic heterocycles.